The van der Waals surface area contributed by atoms with Crippen LogP contribution >= 0.6 is 15.9 Å². The van der Waals surface area contributed by atoms with Crippen molar-refractivity contribution in [3.05, 3.63) is 58.1 Å². The van der Waals surface area contributed by atoms with Crippen molar-refractivity contribution in [3.8, 4) is 0 Å². The Balaban J connectivity index is 2.26. The fourth-order valence-corrected chi connectivity index (χ4v) is 2.50. The number of anilines is 2. The van der Waals surface area contributed by atoms with Gasteiger partial charge in [-0.05, 0) is 55.3 Å². The van der Waals surface area contributed by atoms with Gasteiger partial charge in [-0.1, -0.05) is 28.1 Å². The average molecular weight is 319 g/mol. The van der Waals surface area contributed by atoms with Crippen LogP contribution in [-0.2, 0) is 6.54 Å². The zero-order chi connectivity index (χ0) is 13.8. The second kappa shape index (κ2) is 6.11. The molecule has 0 radical (unpaired) electrons. The maximum absolute atomic E-state index is 5.87. The molecule has 0 amide bonds. The topological polar surface area (TPSA) is 29.3 Å². The van der Waals surface area contributed by atoms with Gasteiger partial charge in [-0.25, -0.2) is 0 Å². The van der Waals surface area contributed by atoms with Crippen LogP contribution in [0.25, 0.3) is 0 Å². The molecule has 2 aromatic rings. The minimum absolute atomic E-state index is 0.804. The first-order chi connectivity index (χ1) is 9.10. The van der Waals surface area contributed by atoms with E-state index in [0.29, 0.717) is 0 Å². The molecule has 2 N–H and O–H groups in total. The molecule has 2 aromatic carbocycles. The van der Waals surface area contributed by atoms with Gasteiger partial charge in [0.05, 0.1) is 0 Å². The van der Waals surface area contributed by atoms with Crippen molar-refractivity contribution in [2.75, 3.05) is 17.2 Å². The summed E-state index contributed by atoms with van der Waals surface area (Å²) >= 11 is 3.59. The van der Waals surface area contributed by atoms with E-state index in [9.17, 15) is 0 Å². The number of nitrogens with two attached hydrogens (primary N) is 1. The van der Waals surface area contributed by atoms with E-state index in [1.165, 1.54) is 16.8 Å². The molecule has 100 valence electrons. The predicted octanol–water partition coefficient (Wildman–Crippen LogP) is 4.37. The smallest absolute Gasteiger partial charge is 0.0441 e. The molecule has 2 nitrogen and oxygen atoms in total. The summed E-state index contributed by atoms with van der Waals surface area (Å²) in [5.74, 6) is 0. The molecule has 19 heavy (non-hydrogen) atoms. The standard InChI is InChI=1S/C16H19BrN2/c1-3-19(15-6-4-5-12(2)9-15)11-13-10-14(18)7-8-16(13)17/h4-10H,3,11,18H2,1-2H3. The van der Waals surface area contributed by atoms with E-state index in [4.69, 9.17) is 5.73 Å². The molecule has 0 aliphatic carbocycles. The van der Waals surface area contributed by atoms with Crippen LogP contribution in [0.2, 0.25) is 0 Å². The lowest BCUT2D eigenvalue weighted by Crippen LogP contribution is -2.22. The van der Waals surface area contributed by atoms with Gasteiger partial charge in [0.15, 0.2) is 0 Å². The third-order valence-corrected chi connectivity index (χ3v) is 3.95. The third kappa shape index (κ3) is 3.51. The highest BCUT2D eigenvalue weighted by molar-refractivity contribution is 9.10. The highest BCUT2D eigenvalue weighted by atomic mass is 79.9. The zero-order valence-corrected chi connectivity index (χ0v) is 12.9. The van der Waals surface area contributed by atoms with Crippen LogP contribution in [-0.4, -0.2) is 6.54 Å². The number of benzene rings is 2. The average Bonchev–Trinajstić information content (AvgIpc) is 2.39. The first-order valence-electron chi connectivity index (χ1n) is 6.45. The van der Waals surface area contributed by atoms with E-state index < -0.39 is 0 Å². The molecule has 0 spiro atoms. The lowest BCUT2D eigenvalue weighted by Gasteiger charge is -2.24. The Labute approximate surface area is 123 Å². The molecule has 0 aliphatic rings. The molecule has 0 bridgehead atoms. The van der Waals surface area contributed by atoms with E-state index in [1.807, 2.05) is 18.2 Å². The Morgan fingerprint density at radius 1 is 1.16 bits per heavy atom. The van der Waals surface area contributed by atoms with E-state index in [1.54, 1.807) is 0 Å². The van der Waals surface area contributed by atoms with Crippen LogP contribution in [0.3, 0.4) is 0 Å². The van der Waals surface area contributed by atoms with E-state index in [-0.39, 0.29) is 0 Å². The zero-order valence-electron chi connectivity index (χ0n) is 11.4. The Morgan fingerprint density at radius 3 is 2.63 bits per heavy atom. The molecular formula is C16H19BrN2. The molecule has 0 fully saturated rings. The van der Waals surface area contributed by atoms with Gasteiger partial charge in [0.25, 0.3) is 0 Å². The summed E-state index contributed by atoms with van der Waals surface area (Å²) in [5.41, 5.74) is 10.4. The molecule has 0 saturated heterocycles. The van der Waals surface area contributed by atoms with Crippen LogP contribution in [0.1, 0.15) is 18.1 Å². The van der Waals surface area contributed by atoms with Gasteiger partial charge in [0, 0.05) is 28.9 Å². The summed E-state index contributed by atoms with van der Waals surface area (Å²) < 4.78 is 1.10. The molecule has 0 heterocycles. The molecule has 0 aromatic heterocycles. The molecule has 0 aliphatic heterocycles. The van der Waals surface area contributed by atoms with E-state index in [2.05, 4.69) is 58.9 Å². The fraction of sp³-hybridized carbons (Fsp3) is 0.250. The highest BCUT2D eigenvalue weighted by Gasteiger charge is 2.08. The Hall–Kier alpha value is -1.48. The maximum Gasteiger partial charge on any atom is 0.0441 e. The minimum atomic E-state index is 0.804. The summed E-state index contributed by atoms with van der Waals surface area (Å²) in [6.45, 7) is 6.10. The first kappa shape index (κ1) is 13.9. The van der Waals surface area contributed by atoms with Gasteiger partial charge in [-0.3, -0.25) is 0 Å². The molecule has 3 heteroatoms. The number of hydrogen-bond acceptors (Lipinski definition) is 2. The summed E-state index contributed by atoms with van der Waals surface area (Å²) in [7, 11) is 0. The largest absolute Gasteiger partial charge is 0.399 e. The SMILES string of the molecule is CCN(Cc1cc(N)ccc1Br)c1cccc(C)c1. The second-order valence-corrected chi connectivity index (χ2v) is 5.56. The van der Waals surface area contributed by atoms with Crippen molar-refractivity contribution in [3.63, 3.8) is 0 Å². The number of nitrogen functional groups attached to an aromatic ring is 1. The van der Waals surface area contributed by atoms with Crippen LogP contribution in [0.4, 0.5) is 11.4 Å². The minimum Gasteiger partial charge on any atom is -0.399 e. The van der Waals surface area contributed by atoms with Crippen LogP contribution in [0.15, 0.2) is 46.9 Å². The lowest BCUT2D eigenvalue weighted by molar-refractivity contribution is 0.829. The normalized spacial score (nSPS) is 10.5. The molecule has 2 rings (SSSR count). The van der Waals surface area contributed by atoms with Gasteiger partial charge in [-0.2, -0.15) is 0 Å². The van der Waals surface area contributed by atoms with E-state index >= 15 is 0 Å². The highest BCUT2D eigenvalue weighted by Crippen LogP contribution is 2.24. The number of nitrogens with zero attached hydrogens (tertiary/aromatic N) is 1. The quantitative estimate of drug-likeness (QED) is 0.848. The number of halogens is 1. The number of aryl methyl sites for hydroxylation is 1. The summed E-state index contributed by atoms with van der Waals surface area (Å²) in [5, 5.41) is 0. The Kier molecular flexibility index (Phi) is 4.48. The van der Waals surface area contributed by atoms with Gasteiger partial charge < -0.3 is 10.6 Å². The first-order valence-corrected chi connectivity index (χ1v) is 7.25. The van der Waals surface area contributed by atoms with Crippen molar-refractivity contribution in [1.29, 1.82) is 0 Å². The van der Waals surface area contributed by atoms with Gasteiger partial charge in [0.1, 0.15) is 0 Å². The maximum atomic E-state index is 5.87. The lowest BCUT2D eigenvalue weighted by atomic mass is 10.1. The summed E-state index contributed by atoms with van der Waals surface area (Å²) in [6, 6.07) is 14.5. The van der Waals surface area contributed by atoms with Crippen molar-refractivity contribution < 1.29 is 0 Å². The van der Waals surface area contributed by atoms with Crippen molar-refractivity contribution in [2.45, 2.75) is 20.4 Å². The predicted molar refractivity (Wildman–Crippen MR) is 86.5 cm³/mol. The Bertz CT molecular complexity index is 566. The summed E-state index contributed by atoms with van der Waals surface area (Å²) in [6.07, 6.45) is 0. The summed E-state index contributed by atoms with van der Waals surface area (Å²) in [4.78, 5) is 2.34. The van der Waals surface area contributed by atoms with Gasteiger partial charge in [0.2, 0.25) is 0 Å². The fourth-order valence-electron chi connectivity index (χ4n) is 2.13. The van der Waals surface area contributed by atoms with Gasteiger partial charge >= 0.3 is 0 Å². The van der Waals surface area contributed by atoms with Crippen molar-refractivity contribution in [2.24, 2.45) is 0 Å². The van der Waals surface area contributed by atoms with Gasteiger partial charge in [-0.15, -0.1) is 0 Å². The van der Waals surface area contributed by atoms with Crippen molar-refractivity contribution >= 4 is 27.3 Å². The molecule has 0 unspecified atom stereocenters. The molecular weight excluding hydrogens is 300 g/mol. The van der Waals surface area contributed by atoms with Crippen LogP contribution in [0.5, 0.6) is 0 Å². The van der Waals surface area contributed by atoms with E-state index in [0.717, 1.165) is 23.2 Å². The number of hydrogen-bond donors (Lipinski definition) is 1. The Morgan fingerprint density at radius 2 is 1.95 bits per heavy atom. The van der Waals surface area contributed by atoms with Crippen LogP contribution in [0, 0.1) is 6.92 Å². The third-order valence-electron chi connectivity index (χ3n) is 3.18. The van der Waals surface area contributed by atoms with Crippen LogP contribution < -0.4 is 10.6 Å². The molecule has 0 saturated carbocycles. The monoisotopic (exact) mass is 318 g/mol. The number of rotatable bonds is 4. The molecule has 0 atom stereocenters. The van der Waals surface area contributed by atoms with Crippen molar-refractivity contribution in [1.82, 2.24) is 0 Å². The second-order valence-electron chi connectivity index (χ2n) is 4.70.